The second-order valence-electron chi connectivity index (χ2n) is 3.78. The molecule has 0 saturated carbocycles. The van der Waals surface area contributed by atoms with E-state index in [1.165, 1.54) is 12.3 Å². The van der Waals surface area contributed by atoms with Gasteiger partial charge in [0.25, 0.3) is 0 Å². The number of hydrogen-bond donors (Lipinski definition) is 1. The molecule has 0 atom stereocenters. The van der Waals surface area contributed by atoms with E-state index in [2.05, 4.69) is 10.3 Å². The molecular formula is C11H15N5O2. The molecule has 1 rings (SSSR count). The molecule has 0 aliphatic heterocycles. The number of nitrogens with zero attached hydrogens (tertiary/aromatic N) is 4. The van der Waals surface area contributed by atoms with E-state index < -0.39 is 4.92 Å². The van der Waals surface area contributed by atoms with E-state index in [0.717, 1.165) is 13.0 Å². The third-order valence-electron chi connectivity index (χ3n) is 2.49. The standard InChI is InChI=1S/C11H15N5O2/c1-13-5-3-7-15(2)11-10(16(17)18)9(8-12)4-6-14-11/h4,6,13H,3,5,7H2,1-2H3. The van der Waals surface area contributed by atoms with Crippen LogP contribution in [0.25, 0.3) is 0 Å². The van der Waals surface area contributed by atoms with Gasteiger partial charge in [-0.25, -0.2) is 4.98 Å². The van der Waals surface area contributed by atoms with E-state index in [1.54, 1.807) is 11.9 Å². The third kappa shape index (κ3) is 3.15. The molecule has 7 heteroatoms. The number of hydrogen-bond acceptors (Lipinski definition) is 6. The molecule has 0 aliphatic carbocycles. The van der Waals surface area contributed by atoms with Crippen molar-refractivity contribution in [3.05, 3.63) is 27.9 Å². The number of rotatable bonds is 6. The first-order valence-electron chi connectivity index (χ1n) is 5.51. The van der Waals surface area contributed by atoms with Crippen LogP contribution in [-0.2, 0) is 0 Å². The van der Waals surface area contributed by atoms with Gasteiger partial charge in [-0.05, 0) is 26.1 Å². The van der Waals surface area contributed by atoms with Crippen LogP contribution in [0.15, 0.2) is 12.3 Å². The second-order valence-corrected chi connectivity index (χ2v) is 3.78. The van der Waals surface area contributed by atoms with Crippen LogP contribution in [-0.4, -0.2) is 37.1 Å². The van der Waals surface area contributed by atoms with Crippen molar-refractivity contribution in [3.8, 4) is 6.07 Å². The Balaban J connectivity index is 3.01. The molecule has 0 aromatic carbocycles. The van der Waals surface area contributed by atoms with Gasteiger partial charge in [0.15, 0.2) is 0 Å². The van der Waals surface area contributed by atoms with Gasteiger partial charge in [0.05, 0.1) is 4.92 Å². The van der Waals surface area contributed by atoms with Gasteiger partial charge < -0.3 is 10.2 Å². The van der Waals surface area contributed by atoms with Crippen molar-refractivity contribution in [2.24, 2.45) is 0 Å². The molecule has 18 heavy (non-hydrogen) atoms. The first-order valence-corrected chi connectivity index (χ1v) is 5.51. The van der Waals surface area contributed by atoms with E-state index in [-0.39, 0.29) is 17.1 Å². The molecule has 1 N–H and O–H groups in total. The van der Waals surface area contributed by atoms with Crippen molar-refractivity contribution in [2.75, 3.05) is 32.1 Å². The van der Waals surface area contributed by atoms with Gasteiger partial charge in [0.2, 0.25) is 5.82 Å². The van der Waals surface area contributed by atoms with Gasteiger partial charge in [-0.2, -0.15) is 5.26 Å². The van der Waals surface area contributed by atoms with Crippen molar-refractivity contribution in [2.45, 2.75) is 6.42 Å². The SMILES string of the molecule is CNCCCN(C)c1nccc(C#N)c1[N+](=O)[O-]. The number of nitro groups is 1. The van der Waals surface area contributed by atoms with Crippen molar-refractivity contribution >= 4 is 11.5 Å². The van der Waals surface area contributed by atoms with Crippen LogP contribution < -0.4 is 10.2 Å². The molecule has 0 amide bonds. The van der Waals surface area contributed by atoms with Gasteiger partial charge in [-0.3, -0.25) is 10.1 Å². The molecule has 0 unspecified atom stereocenters. The van der Waals surface area contributed by atoms with Crippen molar-refractivity contribution in [3.63, 3.8) is 0 Å². The number of nitriles is 1. The lowest BCUT2D eigenvalue weighted by Crippen LogP contribution is -2.24. The smallest absolute Gasteiger partial charge is 0.329 e. The minimum Gasteiger partial charge on any atom is -0.354 e. The third-order valence-corrected chi connectivity index (χ3v) is 2.49. The minimum absolute atomic E-state index is 0.0328. The molecular weight excluding hydrogens is 234 g/mol. The van der Waals surface area contributed by atoms with Crippen LogP contribution in [0.4, 0.5) is 11.5 Å². The predicted octanol–water partition coefficient (Wildman–Crippen LogP) is 0.907. The Bertz CT molecular complexity index is 469. The fourth-order valence-corrected chi connectivity index (χ4v) is 1.59. The lowest BCUT2D eigenvalue weighted by atomic mass is 10.2. The molecule has 0 fully saturated rings. The molecule has 0 spiro atoms. The molecule has 1 heterocycles. The van der Waals surface area contributed by atoms with Gasteiger partial charge >= 0.3 is 5.69 Å². The first-order chi connectivity index (χ1) is 8.61. The first kappa shape index (κ1) is 13.9. The molecule has 96 valence electrons. The van der Waals surface area contributed by atoms with Crippen LogP contribution in [0.1, 0.15) is 12.0 Å². The molecule has 7 nitrogen and oxygen atoms in total. The van der Waals surface area contributed by atoms with E-state index in [4.69, 9.17) is 5.26 Å². The zero-order valence-electron chi connectivity index (χ0n) is 10.4. The molecule has 0 aliphatic rings. The Morgan fingerprint density at radius 1 is 1.67 bits per heavy atom. The zero-order valence-corrected chi connectivity index (χ0v) is 10.4. The summed E-state index contributed by atoms with van der Waals surface area (Å²) >= 11 is 0. The van der Waals surface area contributed by atoms with Crippen molar-refractivity contribution in [1.82, 2.24) is 10.3 Å². The maximum atomic E-state index is 11.0. The Hall–Kier alpha value is -2.20. The molecule has 1 aromatic heterocycles. The Labute approximate surface area is 105 Å². The van der Waals surface area contributed by atoms with Crippen LogP contribution in [0.2, 0.25) is 0 Å². The average molecular weight is 249 g/mol. The summed E-state index contributed by atoms with van der Waals surface area (Å²) in [7, 11) is 3.57. The normalized spacial score (nSPS) is 9.83. The van der Waals surface area contributed by atoms with Crippen LogP contribution in [0.3, 0.4) is 0 Å². The average Bonchev–Trinajstić information content (AvgIpc) is 2.37. The number of aromatic nitrogens is 1. The van der Waals surface area contributed by atoms with E-state index in [1.807, 2.05) is 13.1 Å². The van der Waals surface area contributed by atoms with Gasteiger partial charge in [0.1, 0.15) is 11.6 Å². The van der Waals surface area contributed by atoms with Gasteiger partial charge in [-0.1, -0.05) is 0 Å². The van der Waals surface area contributed by atoms with E-state index >= 15 is 0 Å². The fourth-order valence-electron chi connectivity index (χ4n) is 1.59. The minimum atomic E-state index is -0.560. The summed E-state index contributed by atoms with van der Waals surface area (Å²) in [5.41, 5.74) is -0.197. The zero-order chi connectivity index (χ0) is 13.5. The quantitative estimate of drug-likeness (QED) is 0.457. The largest absolute Gasteiger partial charge is 0.354 e. The monoisotopic (exact) mass is 249 g/mol. The highest BCUT2D eigenvalue weighted by Crippen LogP contribution is 2.28. The summed E-state index contributed by atoms with van der Waals surface area (Å²) in [6.07, 6.45) is 2.25. The van der Waals surface area contributed by atoms with Gasteiger partial charge in [-0.15, -0.1) is 0 Å². The lowest BCUT2D eigenvalue weighted by Gasteiger charge is -2.17. The fraction of sp³-hybridized carbons (Fsp3) is 0.455. The van der Waals surface area contributed by atoms with Crippen LogP contribution >= 0.6 is 0 Å². The number of nitrogens with one attached hydrogen (secondary N) is 1. The number of anilines is 1. The summed E-state index contributed by atoms with van der Waals surface area (Å²) in [5.74, 6) is 0.232. The molecule has 0 radical (unpaired) electrons. The number of pyridine rings is 1. The van der Waals surface area contributed by atoms with Crippen molar-refractivity contribution < 1.29 is 4.92 Å². The summed E-state index contributed by atoms with van der Waals surface area (Å²) < 4.78 is 0. The highest BCUT2D eigenvalue weighted by Gasteiger charge is 2.23. The molecule has 0 saturated heterocycles. The molecule has 1 aromatic rings. The van der Waals surface area contributed by atoms with E-state index in [9.17, 15) is 10.1 Å². The summed E-state index contributed by atoms with van der Waals surface area (Å²) in [5, 5.41) is 22.9. The topological polar surface area (TPSA) is 95.1 Å². The van der Waals surface area contributed by atoms with E-state index in [0.29, 0.717) is 6.54 Å². The summed E-state index contributed by atoms with van der Waals surface area (Å²) in [6.45, 7) is 1.44. The van der Waals surface area contributed by atoms with Crippen LogP contribution in [0.5, 0.6) is 0 Å². The van der Waals surface area contributed by atoms with Crippen molar-refractivity contribution in [1.29, 1.82) is 5.26 Å². The maximum absolute atomic E-state index is 11.0. The second kappa shape index (κ2) is 6.51. The Kier molecular flexibility index (Phi) is 5.02. The predicted molar refractivity (Wildman–Crippen MR) is 67.4 cm³/mol. The molecule has 0 bridgehead atoms. The summed E-state index contributed by atoms with van der Waals surface area (Å²) in [4.78, 5) is 16.1. The highest BCUT2D eigenvalue weighted by molar-refractivity contribution is 5.65. The summed E-state index contributed by atoms with van der Waals surface area (Å²) in [6, 6.07) is 3.17. The Morgan fingerprint density at radius 2 is 2.39 bits per heavy atom. The lowest BCUT2D eigenvalue weighted by molar-refractivity contribution is -0.384. The van der Waals surface area contributed by atoms with Gasteiger partial charge in [0, 0.05) is 19.8 Å². The van der Waals surface area contributed by atoms with Crippen LogP contribution in [0, 0.1) is 21.4 Å². The maximum Gasteiger partial charge on any atom is 0.329 e. The Morgan fingerprint density at radius 3 is 2.94 bits per heavy atom. The highest BCUT2D eigenvalue weighted by atomic mass is 16.6.